The molecule has 4 heteroatoms. The minimum Gasteiger partial charge on any atom is -0.466 e. The van der Waals surface area contributed by atoms with E-state index in [4.69, 9.17) is 10.5 Å². The number of carbonyl (C=O) groups is 1. The Morgan fingerprint density at radius 1 is 1.28 bits per heavy atom. The van der Waals surface area contributed by atoms with E-state index in [0.29, 0.717) is 13.0 Å². The molecule has 0 heterocycles. The number of unbranched alkanes of at least 4 members (excludes halogenated alkanes) is 2. The van der Waals surface area contributed by atoms with Gasteiger partial charge >= 0.3 is 5.97 Å². The van der Waals surface area contributed by atoms with Crippen molar-refractivity contribution in [2.24, 2.45) is 0 Å². The largest absolute Gasteiger partial charge is 0.466 e. The van der Waals surface area contributed by atoms with Crippen molar-refractivity contribution in [3.63, 3.8) is 0 Å². The van der Waals surface area contributed by atoms with E-state index in [2.05, 4.69) is 0 Å². The number of nitrogen functional groups attached to an aromatic ring is 1. The van der Waals surface area contributed by atoms with Crippen LogP contribution in [-0.4, -0.2) is 18.3 Å². The maximum absolute atomic E-state index is 11.1. The summed E-state index contributed by atoms with van der Waals surface area (Å²) in [5.41, 5.74) is 6.69. The molecule has 0 bridgehead atoms. The van der Waals surface area contributed by atoms with E-state index in [-0.39, 0.29) is 5.97 Å². The topological polar surface area (TPSA) is 52.3 Å². The molecule has 0 atom stereocenters. The first-order valence-corrected chi connectivity index (χ1v) is 7.35. The predicted molar refractivity (Wildman–Crippen MR) is 76.7 cm³/mol. The van der Waals surface area contributed by atoms with Gasteiger partial charge in [-0.2, -0.15) is 0 Å². The van der Waals surface area contributed by atoms with Crippen molar-refractivity contribution >= 4 is 23.4 Å². The van der Waals surface area contributed by atoms with Gasteiger partial charge in [0.2, 0.25) is 0 Å². The Balaban J connectivity index is 2.06. The number of rotatable bonds is 8. The number of benzene rings is 1. The van der Waals surface area contributed by atoms with Gasteiger partial charge in [0.1, 0.15) is 0 Å². The van der Waals surface area contributed by atoms with Gasteiger partial charge in [0.25, 0.3) is 0 Å². The molecule has 1 aromatic carbocycles. The molecule has 1 rings (SSSR count). The number of para-hydroxylation sites is 1. The van der Waals surface area contributed by atoms with E-state index in [0.717, 1.165) is 35.6 Å². The molecule has 0 spiro atoms. The molecule has 0 aliphatic carbocycles. The number of nitrogens with two attached hydrogens (primary N) is 1. The van der Waals surface area contributed by atoms with Gasteiger partial charge in [-0.15, -0.1) is 11.8 Å². The first-order valence-electron chi connectivity index (χ1n) is 6.37. The zero-order valence-electron chi connectivity index (χ0n) is 10.9. The lowest BCUT2D eigenvalue weighted by Crippen LogP contribution is -2.03. The summed E-state index contributed by atoms with van der Waals surface area (Å²) in [6.07, 6.45) is 3.59. The number of ether oxygens (including phenoxy) is 1. The van der Waals surface area contributed by atoms with Crippen molar-refractivity contribution in [3.8, 4) is 0 Å². The number of anilines is 1. The summed E-state index contributed by atoms with van der Waals surface area (Å²) in [6.45, 7) is 2.31. The Hall–Kier alpha value is -1.16. The minimum atomic E-state index is -0.0857. The first kappa shape index (κ1) is 14.9. The smallest absolute Gasteiger partial charge is 0.305 e. The monoisotopic (exact) mass is 267 g/mol. The molecular formula is C14H21NO2S. The van der Waals surface area contributed by atoms with Crippen LogP contribution in [0.4, 0.5) is 5.69 Å². The molecule has 0 radical (unpaired) electrons. The zero-order chi connectivity index (χ0) is 13.2. The second-order valence-electron chi connectivity index (χ2n) is 4.00. The van der Waals surface area contributed by atoms with Gasteiger partial charge in [-0.3, -0.25) is 4.79 Å². The van der Waals surface area contributed by atoms with Crippen molar-refractivity contribution in [1.82, 2.24) is 0 Å². The minimum absolute atomic E-state index is 0.0857. The van der Waals surface area contributed by atoms with Crippen LogP contribution in [0.2, 0.25) is 0 Å². The highest BCUT2D eigenvalue weighted by Crippen LogP contribution is 2.25. The Bertz CT molecular complexity index is 369. The van der Waals surface area contributed by atoms with E-state index in [1.165, 1.54) is 0 Å². The molecule has 18 heavy (non-hydrogen) atoms. The zero-order valence-corrected chi connectivity index (χ0v) is 11.7. The molecule has 0 aliphatic heterocycles. The van der Waals surface area contributed by atoms with Gasteiger partial charge in [0.15, 0.2) is 0 Å². The van der Waals surface area contributed by atoms with Gasteiger partial charge in [-0.25, -0.2) is 0 Å². The van der Waals surface area contributed by atoms with Crippen LogP contribution >= 0.6 is 11.8 Å². The second-order valence-corrected chi connectivity index (χ2v) is 5.14. The number of carbonyl (C=O) groups excluding carboxylic acids is 1. The Kier molecular flexibility index (Phi) is 7.34. The van der Waals surface area contributed by atoms with Crippen molar-refractivity contribution in [3.05, 3.63) is 24.3 Å². The molecule has 100 valence electrons. The average molecular weight is 267 g/mol. The van der Waals surface area contributed by atoms with Gasteiger partial charge in [0, 0.05) is 17.0 Å². The highest BCUT2D eigenvalue weighted by atomic mass is 32.2. The van der Waals surface area contributed by atoms with Crippen LogP contribution < -0.4 is 5.73 Å². The van der Waals surface area contributed by atoms with Crippen molar-refractivity contribution in [1.29, 1.82) is 0 Å². The van der Waals surface area contributed by atoms with Gasteiger partial charge < -0.3 is 10.5 Å². The lowest BCUT2D eigenvalue weighted by atomic mass is 10.2. The van der Waals surface area contributed by atoms with Crippen LogP contribution in [0, 0.1) is 0 Å². The molecule has 3 nitrogen and oxygen atoms in total. The van der Waals surface area contributed by atoms with E-state index >= 15 is 0 Å². The van der Waals surface area contributed by atoms with E-state index < -0.39 is 0 Å². The van der Waals surface area contributed by atoms with Crippen molar-refractivity contribution in [2.45, 2.75) is 37.5 Å². The lowest BCUT2D eigenvalue weighted by Gasteiger charge is -2.05. The Morgan fingerprint density at radius 3 is 2.78 bits per heavy atom. The van der Waals surface area contributed by atoms with Crippen LogP contribution in [0.1, 0.15) is 32.6 Å². The molecule has 0 aliphatic rings. The normalized spacial score (nSPS) is 10.3. The van der Waals surface area contributed by atoms with Gasteiger partial charge in [-0.05, 0) is 37.7 Å². The van der Waals surface area contributed by atoms with Crippen LogP contribution in [0.25, 0.3) is 0 Å². The van der Waals surface area contributed by atoms with E-state index in [1.807, 2.05) is 31.2 Å². The molecule has 0 saturated heterocycles. The fraction of sp³-hybridized carbons (Fsp3) is 0.500. The molecule has 2 N–H and O–H groups in total. The van der Waals surface area contributed by atoms with Gasteiger partial charge in [0.05, 0.1) is 6.61 Å². The average Bonchev–Trinajstić information content (AvgIpc) is 2.36. The van der Waals surface area contributed by atoms with Crippen LogP contribution in [-0.2, 0) is 9.53 Å². The first-order chi connectivity index (χ1) is 8.74. The van der Waals surface area contributed by atoms with Crippen molar-refractivity contribution in [2.75, 3.05) is 18.1 Å². The van der Waals surface area contributed by atoms with Gasteiger partial charge in [-0.1, -0.05) is 18.6 Å². The third kappa shape index (κ3) is 5.96. The highest BCUT2D eigenvalue weighted by molar-refractivity contribution is 7.99. The Morgan fingerprint density at radius 2 is 2.06 bits per heavy atom. The number of hydrogen-bond acceptors (Lipinski definition) is 4. The summed E-state index contributed by atoms with van der Waals surface area (Å²) < 4.78 is 4.87. The fourth-order valence-corrected chi connectivity index (χ4v) is 2.55. The molecule has 0 amide bonds. The van der Waals surface area contributed by atoms with E-state index in [9.17, 15) is 4.79 Å². The highest BCUT2D eigenvalue weighted by Gasteiger charge is 2.01. The third-order valence-electron chi connectivity index (χ3n) is 2.51. The number of esters is 1. The molecule has 0 unspecified atom stereocenters. The standard InChI is InChI=1S/C14H21NO2S/c1-2-17-14(16)10-4-3-7-11-18-13-9-6-5-8-12(13)15/h5-6,8-9H,2-4,7,10-11,15H2,1H3. The van der Waals surface area contributed by atoms with Crippen LogP contribution in [0.15, 0.2) is 29.2 Å². The SMILES string of the molecule is CCOC(=O)CCCCCSc1ccccc1N. The van der Waals surface area contributed by atoms with Crippen LogP contribution in [0.5, 0.6) is 0 Å². The molecule has 0 fully saturated rings. The Labute approximate surface area is 113 Å². The van der Waals surface area contributed by atoms with Crippen LogP contribution in [0.3, 0.4) is 0 Å². The van der Waals surface area contributed by atoms with Crippen molar-refractivity contribution < 1.29 is 9.53 Å². The molecule has 0 aromatic heterocycles. The van der Waals surface area contributed by atoms with E-state index in [1.54, 1.807) is 11.8 Å². The molecule has 1 aromatic rings. The predicted octanol–water partition coefficient (Wildman–Crippen LogP) is 3.48. The summed E-state index contributed by atoms with van der Waals surface area (Å²) >= 11 is 1.77. The summed E-state index contributed by atoms with van der Waals surface area (Å²) in [7, 11) is 0. The maximum Gasteiger partial charge on any atom is 0.305 e. The fourth-order valence-electron chi connectivity index (χ4n) is 1.58. The maximum atomic E-state index is 11.1. The number of hydrogen-bond donors (Lipinski definition) is 1. The molecule has 0 saturated carbocycles. The second kappa shape index (κ2) is 8.86. The summed E-state index contributed by atoms with van der Waals surface area (Å²) in [5.74, 6) is 0.953. The summed E-state index contributed by atoms with van der Waals surface area (Å²) in [6, 6.07) is 7.90. The lowest BCUT2D eigenvalue weighted by molar-refractivity contribution is -0.143. The third-order valence-corrected chi connectivity index (χ3v) is 3.68. The molecular weight excluding hydrogens is 246 g/mol. The summed E-state index contributed by atoms with van der Waals surface area (Å²) in [4.78, 5) is 12.2. The quantitative estimate of drug-likeness (QED) is 0.339. The summed E-state index contributed by atoms with van der Waals surface area (Å²) in [5, 5.41) is 0. The number of thioether (sulfide) groups is 1.